The van der Waals surface area contributed by atoms with Gasteiger partial charge in [-0.25, -0.2) is 4.79 Å². The average Bonchev–Trinajstić information content (AvgIpc) is 2.88. The predicted molar refractivity (Wildman–Crippen MR) is 79.6 cm³/mol. The highest BCUT2D eigenvalue weighted by Gasteiger charge is 2.13. The zero-order valence-electron chi connectivity index (χ0n) is 10.7. The first-order valence-electron chi connectivity index (χ1n) is 6.46. The van der Waals surface area contributed by atoms with Crippen LogP contribution in [0.1, 0.15) is 27.9 Å². The van der Waals surface area contributed by atoms with E-state index in [1.165, 1.54) is 23.6 Å². The molecule has 2 aromatic rings. The summed E-state index contributed by atoms with van der Waals surface area (Å²) in [6.45, 7) is 0. The van der Waals surface area contributed by atoms with Gasteiger partial charge in [-0.05, 0) is 76.7 Å². The standard InChI is InChI=1S/C16H13BrO3/c17-14-9-12(16(18)19)5-7-15(14)20-13-6-4-10-2-1-3-11(10)8-13/h4-9H,1-3H2,(H,18,19). The van der Waals surface area contributed by atoms with Gasteiger partial charge in [0.1, 0.15) is 11.5 Å². The monoisotopic (exact) mass is 332 g/mol. The van der Waals surface area contributed by atoms with Crippen LogP contribution in [0.3, 0.4) is 0 Å². The molecule has 1 aliphatic rings. The number of carboxylic acids is 1. The van der Waals surface area contributed by atoms with Crippen molar-refractivity contribution in [3.63, 3.8) is 0 Å². The highest BCUT2D eigenvalue weighted by molar-refractivity contribution is 9.10. The number of fused-ring (bicyclic) bond motifs is 1. The van der Waals surface area contributed by atoms with Gasteiger partial charge in [-0.2, -0.15) is 0 Å². The topological polar surface area (TPSA) is 46.5 Å². The largest absolute Gasteiger partial charge is 0.478 e. The SMILES string of the molecule is O=C(O)c1ccc(Oc2ccc3c(c2)CCC3)c(Br)c1. The van der Waals surface area contributed by atoms with E-state index in [2.05, 4.69) is 28.1 Å². The summed E-state index contributed by atoms with van der Waals surface area (Å²) in [6.07, 6.45) is 3.45. The van der Waals surface area contributed by atoms with Crippen molar-refractivity contribution in [2.75, 3.05) is 0 Å². The molecule has 0 unspecified atom stereocenters. The maximum Gasteiger partial charge on any atom is 0.335 e. The normalized spacial score (nSPS) is 13.1. The Hall–Kier alpha value is -1.81. The van der Waals surface area contributed by atoms with Gasteiger partial charge in [0.05, 0.1) is 10.0 Å². The molecule has 1 N–H and O–H groups in total. The van der Waals surface area contributed by atoms with Gasteiger partial charge in [0.15, 0.2) is 0 Å². The highest BCUT2D eigenvalue weighted by Crippen LogP contribution is 2.33. The fourth-order valence-corrected chi connectivity index (χ4v) is 2.92. The zero-order chi connectivity index (χ0) is 14.1. The van der Waals surface area contributed by atoms with Gasteiger partial charge in [0.2, 0.25) is 0 Å². The Balaban J connectivity index is 1.86. The molecule has 0 bridgehead atoms. The molecule has 4 heteroatoms. The van der Waals surface area contributed by atoms with Crippen LogP contribution < -0.4 is 4.74 Å². The molecule has 0 saturated carbocycles. The van der Waals surface area contributed by atoms with E-state index in [0.717, 1.165) is 18.6 Å². The third-order valence-corrected chi connectivity index (χ3v) is 4.10. The van der Waals surface area contributed by atoms with E-state index >= 15 is 0 Å². The molecule has 0 aromatic heterocycles. The second kappa shape index (κ2) is 5.29. The molecule has 3 nitrogen and oxygen atoms in total. The van der Waals surface area contributed by atoms with E-state index in [-0.39, 0.29) is 5.56 Å². The van der Waals surface area contributed by atoms with Gasteiger partial charge < -0.3 is 9.84 Å². The Morgan fingerprint density at radius 2 is 1.90 bits per heavy atom. The predicted octanol–water partition coefficient (Wildman–Crippen LogP) is 4.43. The molecule has 0 radical (unpaired) electrons. The lowest BCUT2D eigenvalue weighted by Crippen LogP contribution is -1.96. The molecule has 0 spiro atoms. The molecule has 0 heterocycles. The van der Waals surface area contributed by atoms with Crippen LogP contribution in [0.15, 0.2) is 40.9 Å². The van der Waals surface area contributed by atoms with E-state index < -0.39 is 5.97 Å². The molecule has 20 heavy (non-hydrogen) atoms. The molecule has 0 aliphatic heterocycles. The lowest BCUT2D eigenvalue weighted by Gasteiger charge is -2.10. The van der Waals surface area contributed by atoms with Crippen LogP contribution in [0, 0.1) is 0 Å². The number of rotatable bonds is 3. The molecule has 0 amide bonds. The number of halogens is 1. The number of aromatic carboxylic acids is 1. The maximum absolute atomic E-state index is 10.9. The van der Waals surface area contributed by atoms with Gasteiger partial charge in [0.25, 0.3) is 0 Å². The number of carboxylic acid groups (broad SMARTS) is 1. The van der Waals surface area contributed by atoms with Crippen LogP contribution in [0.25, 0.3) is 0 Å². The summed E-state index contributed by atoms with van der Waals surface area (Å²) in [5, 5.41) is 8.93. The molecule has 0 saturated heterocycles. The number of benzene rings is 2. The molecule has 102 valence electrons. The van der Waals surface area contributed by atoms with E-state index in [4.69, 9.17) is 9.84 Å². The fraction of sp³-hybridized carbons (Fsp3) is 0.188. The lowest BCUT2D eigenvalue weighted by molar-refractivity contribution is 0.0697. The molecule has 0 atom stereocenters. The van der Waals surface area contributed by atoms with Crippen molar-refractivity contribution in [3.05, 3.63) is 57.6 Å². The minimum absolute atomic E-state index is 0.234. The number of hydrogen-bond acceptors (Lipinski definition) is 2. The fourth-order valence-electron chi connectivity index (χ4n) is 2.46. The van der Waals surface area contributed by atoms with Crippen LogP contribution in [0.5, 0.6) is 11.5 Å². The average molecular weight is 333 g/mol. The van der Waals surface area contributed by atoms with Gasteiger partial charge in [-0.1, -0.05) is 6.07 Å². The van der Waals surface area contributed by atoms with Crippen LogP contribution in [-0.2, 0) is 12.8 Å². The smallest absolute Gasteiger partial charge is 0.335 e. The second-order valence-electron chi connectivity index (χ2n) is 4.84. The summed E-state index contributed by atoms with van der Waals surface area (Å²) in [5.41, 5.74) is 2.98. The Kier molecular flexibility index (Phi) is 3.49. The van der Waals surface area contributed by atoms with Crippen molar-refractivity contribution in [1.29, 1.82) is 0 Å². The van der Waals surface area contributed by atoms with Crippen molar-refractivity contribution >= 4 is 21.9 Å². The van der Waals surface area contributed by atoms with Gasteiger partial charge >= 0.3 is 5.97 Å². The summed E-state index contributed by atoms with van der Waals surface area (Å²) in [7, 11) is 0. The first-order valence-corrected chi connectivity index (χ1v) is 7.25. The summed E-state index contributed by atoms with van der Waals surface area (Å²) in [4.78, 5) is 10.9. The minimum atomic E-state index is -0.949. The molecular weight excluding hydrogens is 320 g/mol. The van der Waals surface area contributed by atoms with Crippen molar-refractivity contribution < 1.29 is 14.6 Å². The van der Waals surface area contributed by atoms with E-state index in [9.17, 15) is 4.79 Å². The van der Waals surface area contributed by atoms with E-state index in [0.29, 0.717) is 10.2 Å². The van der Waals surface area contributed by atoms with Crippen LogP contribution >= 0.6 is 15.9 Å². The Labute approximate surface area is 125 Å². The number of ether oxygens (including phenoxy) is 1. The van der Waals surface area contributed by atoms with Gasteiger partial charge in [-0.3, -0.25) is 0 Å². The second-order valence-corrected chi connectivity index (χ2v) is 5.69. The first kappa shape index (κ1) is 13.2. The Morgan fingerprint density at radius 1 is 1.10 bits per heavy atom. The quantitative estimate of drug-likeness (QED) is 0.904. The first-order chi connectivity index (χ1) is 9.63. The maximum atomic E-state index is 10.9. The summed E-state index contributed by atoms with van der Waals surface area (Å²) < 4.78 is 6.47. The van der Waals surface area contributed by atoms with Crippen molar-refractivity contribution in [2.24, 2.45) is 0 Å². The van der Waals surface area contributed by atoms with E-state index in [1.54, 1.807) is 12.1 Å². The van der Waals surface area contributed by atoms with Crippen molar-refractivity contribution in [1.82, 2.24) is 0 Å². The molecular formula is C16H13BrO3. The number of aryl methyl sites for hydroxylation is 2. The zero-order valence-corrected chi connectivity index (χ0v) is 12.3. The molecule has 1 aliphatic carbocycles. The summed E-state index contributed by atoms with van der Waals surface area (Å²) in [6, 6.07) is 10.9. The van der Waals surface area contributed by atoms with Crippen LogP contribution in [0.2, 0.25) is 0 Å². The molecule has 2 aromatic carbocycles. The Bertz CT molecular complexity index is 679. The number of carbonyl (C=O) groups is 1. The van der Waals surface area contributed by atoms with Crippen molar-refractivity contribution in [2.45, 2.75) is 19.3 Å². The minimum Gasteiger partial charge on any atom is -0.478 e. The van der Waals surface area contributed by atoms with Crippen LogP contribution in [0.4, 0.5) is 0 Å². The summed E-state index contributed by atoms with van der Waals surface area (Å²) >= 11 is 3.35. The lowest BCUT2D eigenvalue weighted by atomic mass is 10.1. The van der Waals surface area contributed by atoms with E-state index in [1.807, 2.05) is 6.07 Å². The van der Waals surface area contributed by atoms with Crippen molar-refractivity contribution in [3.8, 4) is 11.5 Å². The third kappa shape index (κ3) is 2.56. The highest BCUT2D eigenvalue weighted by atomic mass is 79.9. The molecule has 3 rings (SSSR count). The van der Waals surface area contributed by atoms with Gasteiger partial charge in [0, 0.05) is 0 Å². The Morgan fingerprint density at radius 3 is 2.65 bits per heavy atom. The summed E-state index contributed by atoms with van der Waals surface area (Å²) in [5.74, 6) is 0.456. The molecule has 0 fully saturated rings. The third-order valence-electron chi connectivity index (χ3n) is 3.48. The van der Waals surface area contributed by atoms with Gasteiger partial charge in [-0.15, -0.1) is 0 Å². The van der Waals surface area contributed by atoms with Crippen LogP contribution in [-0.4, -0.2) is 11.1 Å². The number of hydrogen-bond donors (Lipinski definition) is 1.